The molecule has 5 saturated carbocycles. The molecule has 1 aromatic rings. The second kappa shape index (κ2) is 9.85. The zero-order valence-electron chi connectivity index (χ0n) is 25.1. The first-order valence-corrected chi connectivity index (χ1v) is 15.7. The third-order valence-corrected chi connectivity index (χ3v) is 13.0. The van der Waals surface area contributed by atoms with Crippen LogP contribution in [0.3, 0.4) is 0 Å². The SMILES string of the molecule is CCN1C[C@]2(COC)CC[C@H](OC)[C@@]34[C@@H]5C[C@@]6(O)[C@@H](OC)C[C@@](O)([C@H]5[C@H]6OC(=O)c5ccc(Cl)cc5)[C@@H]([C@H](OC)[C@H]23)[C@@H]14. The molecule has 1 heterocycles. The standard InChI is InChI=1S/C32H44ClNO8/c1-6-34-15-29(16-38-2)12-11-20(39-3)32-19-13-30(36)21(40-4)14-31(37,23(26(32)34)24(41-5)25(29)32)22(19)27(30)42-28(35)17-7-9-18(33)10-8-17/h7-10,19-27,36-37H,6,11-16H2,1-5H3/t19-,20+,21+,22-,23+,24+,25-,26-,27-,29+,30-,31-,32+/m1/s1. The number of rotatable bonds is 8. The fourth-order valence-corrected chi connectivity index (χ4v) is 12.0. The van der Waals surface area contributed by atoms with Gasteiger partial charge in [-0.1, -0.05) is 18.5 Å². The Bertz CT molecular complexity index is 1230. The second-order valence-corrected chi connectivity index (χ2v) is 14.3. The first kappa shape index (κ1) is 29.4. The lowest BCUT2D eigenvalue weighted by molar-refractivity contribution is -0.283. The van der Waals surface area contributed by atoms with Crippen LogP contribution in [-0.2, 0) is 23.7 Å². The molecule has 1 spiro atoms. The molecule has 232 valence electrons. The summed E-state index contributed by atoms with van der Waals surface area (Å²) in [5.74, 6) is -1.51. The Kier molecular flexibility index (Phi) is 6.90. The summed E-state index contributed by atoms with van der Waals surface area (Å²) in [7, 11) is 6.88. The van der Waals surface area contributed by atoms with Crippen LogP contribution >= 0.6 is 11.6 Å². The molecule has 0 amide bonds. The zero-order valence-corrected chi connectivity index (χ0v) is 25.9. The lowest BCUT2D eigenvalue weighted by Gasteiger charge is -2.69. The van der Waals surface area contributed by atoms with Gasteiger partial charge in [0.2, 0.25) is 0 Å². The summed E-state index contributed by atoms with van der Waals surface area (Å²) in [6.07, 6.45) is 0.320. The molecule has 10 heteroatoms. The minimum absolute atomic E-state index is 0.0236. The lowest BCUT2D eigenvalue weighted by atomic mass is 9.43. The molecule has 1 aromatic carbocycles. The first-order chi connectivity index (χ1) is 20.1. The van der Waals surface area contributed by atoms with E-state index in [1.165, 1.54) is 0 Å². The van der Waals surface area contributed by atoms with Crippen molar-refractivity contribution >= 4 is 17.6 Å². The molecule has 0 aromatic heterocycles. The summed E-state index contributed by atoms with van der Waals surface area (Å²) in [5.41, 5.74) is -3.07. The number of esters is 1. The number of ether oxygens (including phenoxy) is 5. The van der Waals surface area contributed by atoms with Gasteiger partial charge < -0.3 is 33.9 Å². The Morgan fingerprint density at radius 3 is 2.33 bits per heavy atom. The van der Waals surface area contributed by atoms with Gasteiger partial charge in [0, 0.05) is 81.1 Å². The fraction of sp³-hybridized carbons (Fsp3) is 0.781. The minimum Gasteiger partial charge on any atom is -0.455 e. The molecular formula is C32H44ClNO8. The maximum absolute atomic E-state index is 13.6. The highest BCUT2D eigenvalue weighted by molar-refractivity contribution is 6.30. The van der Waals surface area contributed by atoms with Crippen molar-refractivity contribution < 1.29 is 38.7 Å². The number of halogens is 1. The first-order valence-electron chi connectivity index (χ1n) is 15.3. The van der Waals surface area contributed by atoms with Gasteiger partial charge in [-0.25, -0.2) is 4.79 Å². The average Bonchev–Trinajstić information content (AvgIpc) is 3.36. The van der Waals surface area contributed by atoms with E-state index in [9.17, 15) is 15.0 Å². The molecule has 0 radical (unpaired) electrons. The quantitative estimate of drug-likeness (QED) is 0.433. The number of aliphatic hydroxyl groups is 2. The van der Waals surface area contributed by atoms with Gasteiger partial charge in [-0.3, -0.25) is 4.90 Å². The Hall–Kier alpha value is -1.30. The fourth-order valence-electron chi connectivity index (χ4n) is 11.9. The molecule has 9 nitrogen and oxygen atoms in total. The van der Waals surface area contributed by atoms with E-state index in [0.717, 1.165) is 25.9 Å². The number of methoxy groups -OCH3 is 4. The number of benzene rings is 1. The van der Waals surface area contributed by atoms with Crippen molar-refractivity contribution in [3.8, 4) is 0 Å². The van der Waals surface area contributed by atoms with Crippen LogP contribution in [0.5, 0.6) is 0 Å². The second-order valence-electron chi connectivity index (χ2n) is 13.9. The highest BCUT2D eigenvalue weighted by atomic mass is 35.5. The van der Waals surface area contributed by atoms with Crippen molar-refractivity contribution in [1.82, 2.24) is 4.90 Å². The van der Waals surface area contributed by atoms with E-state index in [2.05, 4.69) is 11.8 Å². The number of hydrogen-bond acceptors (Lipinski definition) is 9. The Labute approximate surface area is 252 Å². The van der Waals surface area contributed by atoms with Crippen molar-refractivity contribution in [3.63, 3.8) is 0 Å². The predicted molar refractivity (Wildman–Crippen MR) is 153 cm³/mol. The Balaban J connectivity index is 1.43. The van der Waals surface area contributed by atoms with E-state index in [0.29, 0.717) is 23.6 Å². The molecular weight excluding hydrogens is 562 g/mol. The van der Waals surface area contributed by atoms with Crippen LogP contribution in [0.15, 0.2) is 24.3 Å². The summed E-state index contributed by atoms with van der Waals surface area (Å²) < 4.78 is 31.1. The third-order valence-electron chi connectivity index (χ3n) is 12.8. The molecule has 2 N–H and O–H groups in total. The van der Waals surface area contributed by atoms with Gasteiger partial charge in [-0.05, 0) is 56.0 Å². The Morgan fingerprint density at radius 2 is 1.71 bits per heavy atom. The van der Waals surface area contributed by atoms with E-state index >= 15 is 0 Å². The van der Waals surface area contributed by atoms with Crippen molar-refractivity contribution in [2.45, 2.75) is 74.3 Å². The number of hydrogen-bond donors (Lipinski definition) is 2. The van der Waals surface area contributed by atoms with Gasteiger partial charge >= 0.3 is 5.97 Å². The number of carbonyl (C=O) groups excluding carboxylic acids is 1. The van der Waals surface area contributed by atoms with Gasteiger partial charge in [-0.15, -0.1) is 0 Å². The topological polar surface area (TPSA) is 107 Å². The largest absolute Gasteiger partial charge is 0.455 e. The van der Waals surface area contributed by atoms with Gasteiger partial charge in [0.1, 0.15) is 11.7 Å². The van der Waals surface area contributed by atoms with Crippen molar-refractivity contribution in [2.24, 2.45) is 34.5 Å². The summed E-state index contributed by atoms with van der Waals surface area (Å²) in [5, 5.41) is 26.2. The predicted octanol–water partition coefficient (Wildman–Crippen LogP) is 2.79. The maximum Gasteiger partial charge on any atom is 0.338 e. The summed E-state index contributed by atoms with van der Waals surface area (Å²) >= 11 is 6.08. The molecule has 42 heavy (non-hydrogen) atoms. The third kappa shape index (κ3) is 3.37. The number of nitrogens with zero attached hydrogens (tertiary/aromatic N) is 1. The van der Waals surface area contributed by atoms with Crippen LogP contribution < -0.4 is 0 Å². The number of fused-ring (bicyclic) bond motifs is 2. The van der Waals surface area contributed by atoms with Gasteiger partial charge in [-0.2, -0.15) is 0 Å². The highest BCUT2D eigenvalue weighted by Gasteiger charge is 2.88. The molecule has 7 rings (SSSR count). The normalized spacial score (nSPS) is 50.1. The van der Waals surface area contributed by atoms with Crippen molar-refractivity contribution in [2.75, 3.05) is 48.1 Å². The van der Waals surface area contributed by atoms with Crippen LogP contribution in [0.25, 0.3) is 0 Å². The molecule has 13 atom stereocenters. The van der Waals surface area contributed by atoms with Crippen molar-refractivity contribution in [1.29, 1.82) is 0 Å². The van der Waals surface area contributed by atoms with E-state index in [4.69, 9.17) is 35.3 Å². The molecule has 1 saturated heterocycles. The summed E-state index contributed by atoms with van der Waals surface area (Å²) in [4.78, 5) is 16.1. The van der Waals surface area contributed by atoms with Gasteiger partial charge in [0.05, 0.1) is 36.1 Å². The van der Waals surface area contributed by atoms with Gasteiger partial charge in [0.15, 0.2) is 0 Å². The van der Waals surface area contributed by atoms with E-state index in [-0.39, 0.29) is 47.8 Å². The summed E-state index contributed by atoms with van der Waals surface area (Å²) in [6, 6.07) is 6.51. The number of piperidine rings is 1. The lowest BCUT2D eigenvalue weighted by Crippen LogP contribution is -2.77. The smallest absolute Gasteiger partial charge is 0.338 e. The average molecular weight is 606 g/mol. The molecule has 0 unspecified atom stereocenters. The van der Waals surface area contributed by atoms with Crippen LogP contribution in [0.4, 0.5) is 0 Å². The van der Waals surface area contributed by atoms with Crippen LogP contribution in [0, 0.1) is 34.5 Å². The molecule has 6 fully saturated rings. The van der Waals surface area contributed by atoms with E-state index < -0.39 is 40.7 Å². The molecule has 6 aliphatic rings. The van der Waals surface area contributed by atoms with Crippen LogP contribution in [0.2, 0.25) is 5.02 Å². The zero-order chi connectivity index (χ0) is 29.8. The van der Waals surface area contributed by atoms with E-state index in [1.807, 2.05) is 0 Å². The highest BCUT2D eigenvalue weighted by Crippen LogP contribution is 2.80. The van der Waals surface area contributed by atoms with Crippen LogP contribution in [0.1, 0.15) is 43.0 Å². The molecule has 5 aliphatic carbocycles. The molecule has 1 aliphatic heterocycles. The summed E-state index contributed by atoms with van der Waals surface area (Å²) in [6.45, 7) is 4.44. The Morgan fingerprint density at radius 1 is 1.00 bits per heavy atom. The van der Waals surface area contributed by atoms with Crippen LogP contribution in [-0.4, -0.2) is 111 Å². The van der Waals surface area contributed by atoms with Gasteiger partial charge in [0.25, 0.3) is 0 Å². The number of likely N-dealkylation sites (tertiary alicyclic amines) is 1. The number of carbonyl (C=O) groups is 1. The van der Waals surface area contributed by atoms with E-state index in [1.54, 1.807) is 52.7 Å². The van der Waals surface area contributed by atoms with Crippen molar-refractivity contribution in [3.05, 3.63) is 34.9 Å². The monoisotopic (exact) mass is 605 g/mol. The minimum atomic E-state index is -1.47. The maximum atomic E-state index is 13.6. The molecule has 7 bridgehead atoms.